The van der Waals surface area contributed by atoms with Gasteiger partial charge in [0.2, 0.25) is 5.75 Å². The molecule has 0 saturated carbocycles. The lowest BCUT2D eigenvalue weighted by molar-refractivity contribution is 0.0384. The van der Waals surface area contributed by atoms with E-state index in [1.165, 1.54) is 0 Å². The van der Waals surface area contributed by atoms with Gasteiger partial charge in [-0.25, -0.2) is 0 Å². The zero-order valence-corrected chi connectivity index (χ0v) is 16.1. The Hall–Kier alpha value is -0.920. The summed E-state index contributed by atoms with van der Waals surface area (Å²) in [6.45, 7) is 6.46. The van der Waals surface area contributed by atoms with Crippen molar-refractivity contribution in [3.63, 3.8) is 0 Å². The molecule has 0 amide bonds. The second-order valence-electron chi connectivity index (χ2n) is 5.16. The second kappa shape index (κ2) is 12.4. The molecule has 1 fully saturated rings. The van der Waals surface area contributed by atoms with E-state index in [2.05, 4.69) is 10.2 Å². The van der Waals surface area contributed by atoms with Crippen LogP contribution in [0, 0.1) is 0 Å². The van der Waals surface area contributed by atoms with E-state index in [1.807, 2.05) is 12.1 Å². The first-order valence-corrected chi connectivity index (χ1v) is 7.58. The van der Waals surface area contributed by atoms with Crippen LogP contribution in [0.4, 0.5) is 0 Å². The average Bonchev–Trinajstić information content (AvgIpc) is 2.58. The summed E-state index contributed by atoms with van der Waals surface area (Å²) in [6.07, 6.45) is 0. The van der Waals surface area contributed by atoms with E-state index in [9.17, 15) is 0 Å². The average molecular weight is 383 g/mol. The Kier molecular flexibility index (Phi) is 12.0. The topological polar surface area (TPSA) is 52.2 Å². The first-order valence-electron chi connectivity index (χ1n) is 7.58. The predicted molar refractivity (Wildman–Crippen MR) is 99.6 cm³/mol. The van der Waals surface area contributed by atoms with Crippen molar-refractivity contribution in [1.82, 2.24) is 10.2 Å². The second-order valence-corrected chi connectivity index (χ2v) is 5.16. The summed E-state index contributed by atoms with van der Waals surface area (Å²) in [6, 6.07) is 3.95. The molecular formula is C16H28Cl2N2O4. The Balaban J connectivity index is 0.00000264. The highest BCUT2D eigenvalue weighted by atomic mass is 35.5. The Morgan fingerprint density at radius 3 is 2.08 bits per heavy atom. The van der Waals surface area contributed by atoms with Crippen molar-refractivity contribution >= 4 is 24.8 Å². The van der Waals surface area contributed by atoms with Crippen LogP contribution in [0.3, 0.4) is 0 Å². The van der Waals surface area contributed by atoms with E-state index in [1.54, 1.807) is 21.3 Å². The minimum Gasteiger partial charge on any atom is -0.493 e. The minimum absolute atomic E-state index is 0. The van der Waals surface area contributed by atoms with Gasteiger partial charge in [-0.2, -0.15) is 0 Å². The van der Waals surface area contributed by atoms with E-state index in [0.717, 1.165) is 51.5 Å². The number of nitrogens with one attached hydrogen (secondary N) is 1. The Labute approximate surface area is 156 Å². The molecule has 8 heteroatoms. The molecule has 0 unspecified atom stereocenters. The van der Waals surface area contributed by atoms with Crippen LogP contribution in [0.15, 0.2) is 12.1 Å². The van der Waals surface area contributed by atoms with Crippen molar-refractivity contribution in [3.8, 4) is 17.2 Å². The summed E-state index contributed by atoms with van der Waals surface area (Å²) in [5, 5.41) is 3.45. The molecule has 1 N–H and O–H groups in total. The standard InChI is InChI=1S/C16H26N2O4.2ClH/c1-19-14-10-13(11-15(20-2)16(14)21-3)12-17-4-5-18-6-8-22-9-7-18;;/h10-11,17H,4-9,12H2,1-3H3;2*1H. The van der Waals surface area contributed by atoms with E-state index >= 15 is 0 Å². The number of morpholine rings is 1. The van der Waals surface area contributed by atoms with Crippen molar-refractivity contribution in [2.45, 2.75) is 6.54 Å². The molecule has 1 aromatic carbocycles. The third-order valence-electron chi connectivity index (χ3n) is 3.76. The normalized spacial score (nSPS) is 14.3. The molecule has 2 rings (SSSR count). The predicted octanol–water partition coefficient (Wildman–Crippen LogP) is 1.98. The number of ether oxygens (including phenoxy) is 4. The molecular weight excluding hydrogens is 355 g/mol. The van der Waals surface area contributed by atoms with Crippen LogP contribution < -0.4 is 19.5 Å². The molecule has 1 saturated heterocycles. The Morgan fingerprint density at radius 1 is 1.00 bits per heavy atom. The third-order valence-corrected chi connectivity index (χ3v) is 3.76. The molecule has 0 aromatic heterocycles. The van der Waals surface area contributed by atoms with Gasteiger partial charge in [0, 0.05) is 32.7 Å². The Morgan fingerprint density at radius 2 is 1.58 bits per heavy atom. The van der Waals surface area contributed by atoms with E-state index in [4.69, 9.17) is 18.9 Å². The van der Waals surface area contributed by atoms with Crippen LogP contribution in [0.5, 0.6) is 17.2 Å². The van der Waals surface area contributed by atoms with Gasteiger partial charge in [-0.3, -0.25) is 4.90 Å². The molecule has 0 atom stereocenters. The maximum Gasteiger partial charge on any atom is 0.203 e. The Bertz CT molecular complexity index is 446. The largest absolute Gasteiger partial charge is 0.493 e. The fourth-order valence-electron chi connectivity index (χ4n) is 2.53. The smallest absolute Gasteiger partial charge is 0.203 e. The molecule has 1 aromatic rings. The van der Waals surface area contributed by atoms with Crippen molar-refractivity contribution in [2.75, 3.05) is 60.7 Å². The van der Waals surface area contributed by atoms with Crippen LogP contribution in [0.1, 0.15) is 5.56 Å². The van der Waals surface area contributed by atoms with Crippen LogP contribution in [0.25, 0.3) is 0 Å². The fourth-order valence-corrected chi connectivity index (χ4v) is 2.53. The lowest BCUT2D eigenvalue weighted by Crippen LogP contribution is -2.40. The monoisotopic (exact) mass is 382 g/mol. The van der Waals surface area contributed by atoms with Gasteiger partial charge in [-0.05, 0) is 17.7 Å². The van der Waals surface area contributed by atoms with Crippen LogP contribution >= 0.6 is 24.8 Å². The molecule has 1 heterocycles. The molecule has 1 aliphatic heterocycles. The maximum absolute atomic E-state index is 5.37. The third kappa shape index (κ3) is 6.53. The van der Waals surface area contributed by atoms with Gasteiger partial charge in [0.05, 0.1) is 34.5 Å². The molecule has 140 valence electrons. The summed E-state index contributed by atoms with van der Waals surface area (Å²) >= 11 is 0. The number of methoxy groups -OCH3 is 3. The molecule has 24 heavy (non-hydrogen) atoms. The van der Waals surface area contributed by atoms with E-state index in [-0.39, 0.29) is 24.8 Å². The van der Waals surface area contributed by atoms with Crippen molar-refractivity contribution in [3.05, 3.63) is 17.7 Å². The zero-order valence-electron chi connectivity index (χ0n) is 14.5. The van der Waals surface area contributed by atoms with Gasteiger partial charge in [0.1, 0.15) is 0 Å². The number of nitrogens with zero attached hydrogens (tertiary/aromatic N) is 1. The number of rotatable bonds is 8. The fraction of sp³-hybridized carbons (Fsp3) is 0.625. The molecule has 6 nitrogen and oxygen atoms in total. The zero-order chi connectivity index (χ0) is 15.8. The van der Waals surface area contributed by atoms with Gasteiger partial charge >= 0.3 is 0 Å². The van der Waals surface area contributed by atoms with E-state index in [0.29, 0.717) is 17.2 Å². The molecule has 0 radical (unpaired) electrons. The lowest BCUT2D eigenvalue weighted by atomic mass is 10.1. The van der Waals surface area contributed by atoms with Crippen molar-refractivity contribution < 1.29 is 18.9 Å². The highest BCUT2D eigenvalue weighted by Gasteiger charge is 2.13. The van der Waals surface area contributed by atoms with Gasteiger partial charge in [-0.15, -0.1) is 24.8 Å². The maximum atomic E-state index is 5.37. The van der Waals surface area contributed by atoms with Crippen molar-refractivity contribution in [1.29, 1.82) is 0 Å². The van der Waals surface area contributed by atoms with Crippen molar-refractivity contribution in [2.24, 2.45) is 0 Å². The molecule has 1 aliphatic rings. The van der Waals surface area contributed by atoms with Gasteiger partial charge < -0.3 is 24.3 Å². The van der Waals surface area contributed by atoms with Crippen LogP contribution in [0.2, 0.25) is 0 Å². The highest BCUT2D eigenvalue weighted by molar-refractivity contribution is 5.85. The van der Waals surface area contributed by atoms with Gasteiger partial charge in [0.25, 0.3) is 0 Å². The number of halogens is 2. The summed E-state index contributed by atoms with van der Waals surface area (Å²) in [5.74, 6) is 2.00. The quantitative estimate of drug-likeness (QED) is 0.693. The highest BCUT2D eigenvalue weighted by Crippen LogP contribution is 2.38. The SMILES string of the molecule is COc1cc(CNCCN2CCOCC2)cc(OC)c1OC.Cl.Cl. The number of hydrogen-bond donors (Lipinski definition) is 1. The summed E-state index contributed by atoms with van der Waals surface area (Å²) in [5.41, 5.74) is 1.11. The number of benzene rings is 1. The molecule has 0 bridgehead atoms. The first kappa shape index (κ1) is 23.1. The number of hydrogen-bond acceptors (Lipinski definition) is 6. The lowest BCUT2D eigenvalue weighted by Gasteiger charge is -2.26. The van der Waals surface area contributed by atoms with Gasteiger partial charge in [0.15, 0.2) is 11.5 Å². The van der Waals surface area contributed by atoms with Crippen LogP contribution in [-0.4, -0.2) is 65.6 Å². The van der Waals surface area contributed by atoms with Gasteiger partial charge in [-0.1, -0.05) is 0 Å². The first-order chi connectivity index (χ1) is 10.8. The summed E-state index contributed by atoms with van der Waals surface area (Å²) in [7, 11) is 4.88. The summed E-state index contributed by atoms with van der Waals surface area (Å²) < 4.78 is 21.4. The molecule has 0 spiro atoms. The summed E-state index contributed by atoms with van der Waals surface area (Å²) in [4.78, 5) is 2.41. The molecule has 0 aliphatic carbocycles. The minimum atomic E-state index is 0. The van der Waals surface area contributed by atoms with E-state index < -0.39 is 0 Å². The van der Waals surface area contributed by atoms with Crippen LogP contribution in [-0.2, 0) is 11.3 Å².